The van der Waals surface area contributed by atoms with E-state index in [1.165, 1.54) is 7.11 Å². The van der Waals surface area contributed by atoms with Crippen molar-refractivity contribution in [1.82, 2.24) is 0 Å². The smallest absolute Gasteiger partial charge is 0.305 e. The third kappa shape index (κ3) is 8.00. The Hall–Kier alpha value is -2.73. The van der Waals surface area contributed by atoms with Crippen LogP contribution in [-0.2, 0) is 20.7 Å². The molecule has 0 aliphatic heterocycles. The molecule has 6 nitrogen and oxygen atoms in total. The number of aryl methyl sites for hydroxylation is 1. The first kappa shape index (κ1) is 22.3. The molecule has 0 aliphatic carbocycles. The number of anilines is 2. The molecule has 2 aromatic carbocycles. The second-order valence-electron chi connectivity index (χ2n) is 5.80. The lowest BCUT2D eigenvalue weighted by Gasteiger charge is -2.09. The van der Waals surface area contributed by atoms with Crippen molar-refractivity contribution in [3.8, 4) is 5.75 Å². The van der Waals surface area contributed by atoms with Crippen LogP contribution >= 0.6 is 12.4 Å². The Morgan fingerprint density at radius 2 is 1.74 bits per heavy atom. The van der Waals surface area contributed by atoms with Gasteiger partial charge in [-0.2, -0.15) is 0 Å². The number of nitrogens with two attached hydrogens (primary N) is 1. The number of carbonyl (C=O) groups excluding carboxylic acids is 2. The van der Waals surface area contributed by atoms with Gasteiger partial charge in [0.1, 0.15) is 5.75 Å². The number of rotatable bonds is 9. The molecule has 0 fully saturated rings. The zero-order chi connectivity index (χ0) is 18.8. The largest absolute Gasteiger partial charge is 0.494 e. The van der Waals surface area contributed by atoms with Crippen molar-refractivity contribution < 1.29 is 19.1 Å². The van der Waals surface area contributed by atoms with Crippen LogP contribution in [-0.4, -0.2) is 25.6 Å². The molecule has 0 radical (unpaired) electrons. The number of nitrogens with one attached hydrogen (secondary N) is 1. The second-order valence-corrected chi connectivity index (χ2v) is 5.80. The Bertz CT molecular complexity index is 735. The first-order valence-electron chi connectivity index (χ1n) is 8.51. The van der Waals surface area contributed by atoms with Gasteiger partial charge in [-0.1, -0.05) is 18.2 Å². The van der Waals surface area contributed by atoms with Crippen molar-refractivity contribution in [3.63, 3.8) is 0 Å². The van der Waals surface area contributed by atoms with Gasteiger partial charge in [0.05, 0.1) is 13.7 Å². The van der Waals surface area contributed by atoms with E-state index in [1.54, 1.807) is 24.3 Å². The van der Waals surface area contributed by atoms with Gasteiger partial charge < -0.3 is 20.5 Å². The SMILES string of the molecule is COC(=O)CCCOc1ccc(NC(=O)CCc2ccccc2N)cc1.Cl. The molecular weight excluding hydrogens is 368 g/mol. The van der Waals surface area contributed by atoms with Crippen molar-refractivity contribution in [1.29, 1.82) is 0 Å². The number of benzene rings is 2. The number of nitrogen functional groups attached to an aromatic ring is 1. The number of carbonyl (C=O) groups is 2. The van der Waals surface area contributed by atoms with Crippen molar-refractivity contribution in [2.24, 2.45) is 0 Å². The van der Waals surface area contributed by atoms with E-state index in [1.807, 2.05) is 24.3 Å². The van der Waals surface area contributed by atoms with Crippen LogP contribution in [0.15, 0.2) is 48.5 Å². The highest BCUT2D eigenvalue weighted by atomic mass is 35.5. The molecule has 0 bridgehead atoms. The minimum Gasteiger partial charge on any atom is -0.494 e. The van der Waals surface area contributed by atoms with Crippen LogP contribution in [0.4, 0.5) is 11.4 Å². The van der Waals surface area contributed by atoms with Gasteiger partial charge in [-0.15, -0.1) is 12.4 Å². The summed E-state index contributed by atoms with van der Waals surface area (Å²) in [6.07, 6.45) is 1.88. The van der Waals surface area contributed by atoms with E-state index in [0.717, 1.165) is 5.56 Å². The maximum atomic E-state index is 12.1. The summed E-state index contributed by atoms with van der Waals surface area (Å²) >= 11 is 0. The summed E-state index contributed by atoms with van der Waals surface area (Å²) in [5.74, 6) is 0.369. The van der Waals surface area contributed by atoms with Crippen molar-refractivity contribution >= 4 is 35.7 Å². The Balaban J connectivity index is 0.00000364. The molecule has 0 aromatic heterocycles. The molecule has 7 heteroatoms. The van der Waals surface area contributed by atoms with E-state index >= 15 is 0 Å². The number of hydrogen-bond acceptors (Lipinski definition) is 5. The summed E-state index contributed by atoms with van der Waals surface area (Å²) < 4.78 is 10.1. The van der Waals surface area contributed by atoms with E-state index in [-0.39, 0.29) is 24.3 Å². The summed E-state index contributed by atoms with van der Waals surface area (Å²) in [6.45, 7) is 0.430. The number of ether oxygens (including phenoxy) is 2. The standard InChI is InChI=1S/C20H24N2O4.ClH/c1-25-20(24)7-4-14-26-17-11-9-16(10-12-17)22-19(23)13-8-15-5-2-3-6-18(15)21;/h2-3,5-6,9-12H,4,7-8,13-14,21H2,1H3,(H,22,23);1H. The average Bonchev–Trinajstić information content (AvgIpc) is 2.65. The first-order valence-corrected chi connectivity index (χ1v) is 8.51. The normalized spacial score (nSPS) is 9.81. The van der Waals surface area contributed by atoms with Gasteiger partial charge in [0.15, 0.2) is 0 Å². The number of amides is 1. The van der Waals surface area contributed by atoms with Gasteiger partial charge in [0.2, 0.25) is 5.91 Å². The van der Waals surface area contributed by atoms with E-state index in [0.29, 0.717) is 49.4 Å². The van der Waals surface area contributed by atoms with Crippen LogP contribution in [0.1, 0.15) is 24.8 Å². The minimum absolute atomic E-state index is 0. The molecule has 146 valence electrons. The lowest BCUT2D eigenvalue weighted by molar-refractivity contribution is -0.140. The predicted molar refractivity (Wildman–Crippen MR) is 108 cm³/mol. The van der Waals surface area contributed by atoms with Gasteiger partial charge in [-0.3, -0.25) is 9.59 Å². The van der Waals surface area contributed by atoms with Crippen LogP contribution < -0.4 is 15.8 Å². The lowest BCUT2D eigenvalue weighted by atomic mass is 10.1. The van der Waals surface area contributed by atoms with Crippen LogP contribution in [0.3, 0.4) is 0 Å². The molecular formula is C20H25ClN2O4. The predicted octanol–water partition coefficient (Wildman–Crippen LogP) is 3.59. The van der Waals surface area contributed by atoms with Gasteiger partial charge in [0.25, 0.3) is 0 Å². The monoisotopic (exact) mass is 392 g/mol. The molecule has 0 saturated heterocycles. The number of esters is 1. The highest BCUT2D eigenvalue weighted by molar-refractivity contribution is 5.91. The van der Waals surface area contributed by atoms with Gasteiger partial charge in [0, 0.05) is 24.2 Å². The van der Waals surface area contributed by atoms with E-state index in [4.69, 9.17) is 10.5 Å². The minimum atomic E-state index is -0.246. The van der Waals surface area contributed by atoms with E-state index in [2.05, 4.69) is 10.1 Å². The van der Waals surface area contributed by atoms with Crippen LogP contribution in [0, 0.1) is 0 Å². The fraction of sp³-hybridized carbons (Fsp3) is 0.300. The quantitative estimate of drug-likeness (QED) is 0.386. The fourth-order valence-corrected chi connectivity index (χ4v) is 2.38. The molecule has 27 heavy (non-hydrogen) atoms. The lowest BCUT2D eigenvalue weighted by Crippen LogP contribution is -2.12. The zero-order valence-electron chi connectivity index (χ0n) is 15.3. The van der Waals surface area contributed by atoms with E-state index < -0.39 is 0 Å². The molecule has 1 amide bonds. The van der Waals surface area contributed by atoms with Crippen molar-refractivity contribution in [3.05, 3.63) is 54.1 Å². The highest BCUT2D eigenvalue weighted by Crippen LogP contribution is 2.17. The van der Waals surface area contributed by atoms with Crippen molar-refractivity contribution in [2.75, 3.05) is 24.8 Å². The fourth-order valence-electron chi connectivity index (χ4n) is 2.38. The summed E-state index contributed by atoms with van der Waals surface area (Å²) in [5.41, 5.74) is 8.26. The maximum Gasteiger partial charge on any atom is 0.305 e. The second kappa shape index (κ2) is 11.8. The maximum absolute atomic E-state index is 12.1. The Labute approximate surface area is 165 Å². The summed E-state index contributed by atoms with van der Waals surface area (Å²) in [4.78, 5) is 23.1. The highest BCUT2D eigenvalue weighted by Gasteiger charge is 2.06. The number of halogens is 1. The molecule has 0 saturated carbocycles. The number of para-hydroxylation sites is 1. The average molecular weight is 393 g/mol. The topological polar surface area (TPSA) is 90.6 Å². The summed E-state index contributed by atoms with van der Waals surface area (Å²) in [6, 6.07) is 14.7. The molecule has 0 aliphatic rings. The van der Waals surface area contributed by atoms with Gasteiger partial charge in [-0.25, -0.2) is 0 Å². The molecule has 2 rings (SSSR count). The Kier molecular flexibility index (Phi) is 9.75. The third-order valence-corrected chi connectivity index (χ3v) is 3.84. The zero-order valence-corrected chi connectivity index (χ0v) is 16.1. The molecule has 0 atom stereocenters. The number of hydrogen-bond donors (Lipinski definition) is 2. The Morgan fingerprint density at radius 3 is 2.41 bits per heavy atom. The third-order valence-electron chi connectivity index (χ3n) is 3.84. The first-order chi connectivity index (χ1) is 12.6. The molecule has 0 heterocycles. The molecule has 0 spiro atoms. The van der Waals surface area contributed by atoms with Gasteiger partial charge in [-0.05, 0) is 48.7 Å². The number of methoxy groups -OCH3 is 1. The van der Waals surface area contributed by atoms with Crippen LogP contribution in [0.5, 0.6) is 5.75 Å². The van der Waals surface area contributed by atoms with Crippen LogP contribution in [0.25, 0.3) is 0 Å². The van der Waals surface area contributed by atoms with Crippen LogP contribution in [0.2, 0.25) is 0 Å². The molecule has 2 aromatic rings. The summed E-state index contributed by atoms with van der Waals surface area (Å²) in [7, 11) is 1.37. The molecule has 3 N–H and O–H groups in total. The Morgan fingerprint density at radius 1 is 1.04 bits per heavy atom. The molecule has 0 unspecified atom stereocenters. The summed E-state index contributed by atoms with van der Waals surface area (Å²) in [5, 5.41) is 2.85. The van der Waals surface area contributed by atoms with Gasteiger partial charge >= 0.3 is 5.97 Å². The van der Waals surface area contributed by atoms with E-state index in [9.17, 15) is 9.59 Å². The van der Waals surface area contributed by atoms with Crippen molar-refractivity contribution in [2.45, 2.75) is 25.7 Å².